The average Bonchev–Trinajstić information content (AvgIpc) is 2.66. The summed E-state index contributed by atoms with van der Waals surface area (Å²) >= 11 is 0. The van der Waals surface area contributed by atoms with Crippen molar-refractivity contribution in [2.45, 2.75) is 63.8 Å². The van der Waals surface area contributed by atoms with Gasteiger partial charge in [-0.05, 0) is 48.6 Å². The molecule has 30 heavy (non-hydrogen) atoms. The van der Waals surface area contributed by atoms with Crippen molar-refractivity contribution in [3.05, 3.63) is 59.2 Å². The Labute approximate surface area is 179 Å². The molecule has 0 aliphatic rings. The maximum Gasteiger partial charge on any atom is 0.328 e. The summed E-state index contributed by atoms with van der Waals surface area (Å²) in [5.74, 6) is -0.924. The van der Waals surface area contributed by atoms with Gasteiger partial charge in [-0.1, -0.05) is 57.9 Å². The van der Waals surface area contributed by atoms with Crippen molar-refractivity contribution < 1.29 is 23.1 Å². The van der Waals surface area contributed by atoms with E-state index in [1.54, 1.807) is 24.3 Å². The number of esters is 1. The van der Waals surface area contributed by atoms with Gasteiger partial charge in [-0.2, -0.15) is 4.72 Å². The molecule has 7 heteroatoms. The minimum absolute atomic E-state index is 0.0333. The van der Waals surface area contributed by atoms with Crippen LogP contribution in [-0.4, -0.2) is 26.1 Å². The molecule has 164 valence electrons. The highest BCUT2D eigenvalue weighted by Gasteiger charge is 2.31. The van der Waals surface area contributed by atoms with Gasteiger partial charge in [0.05, 0.1) is 11.5 Å². The number of hydrogen-bond donors (Lipinski definition) is 2. The van der Waals surface area contributed by atoms with Gasteiger partial charge in [0, 0.05) is 5.56 Å². The molecule has 1 atom stereocenters. The number of sulfonamides is 1. The molecule has 2 N–H and O–H groups in total. The van der Waals surface area contributed by atoms with E-state index >= 15 is 0 Å². The monoisotopic (exact) mass is 433 g/mol. The summed E-state index contributed by atoms with van der Waals surface area (Å²) in [6.45, 7) is 9.98. The minimum Gasteiger partial charge on any atom is -0.508 e. The van der Waals surface area contributed by atoms with Gasteiger partial charge in [-0.25, -0.2) is 13.2 Å². The summed E-state index contributed by atoms with van der Waals surface area (Å²) in [7, 11) is -4.03. The Morgan fingerprint density at radius 2 is 1.77 bits per heavy atom. The van der Waals surface area contributed by atoms with Crippen molar-refractivity contribution >= 4 is 16.0 Å². The van der Waals surface area contributed by atoms with E-state index in [0.717, 1.165) is 17.5 Å². The second-order valence-corrected chi connectivity index (χ2v) is 10.1. The van der Waals surface area contributed by atoms with Crippen LogP contribution in [0.4, 0.5) is 0 Å². The molecular weight excluding hydrogens is 402 g/mol. The molecule has 0 fully saturated rings. The molecule has 1 unspecified atom stereocenters. The van der Waals surface area contributed by atoms with Crippen molar-refractivity contribution in [2.24, 2.45) is 0 Å². The lowest BCUT2D eigenvalue weighted by atomic mass is 9.85. The number of aromatic hydroxyl groups is 1. The maximum absolute atomic E-state index is 13.0. The first-order valence-electron chi connectivity index (χ1n) is 10.0. The van der Waals surface area contributed by atoms with Crippen LogP contribution in [0.1, 0.15) is 63.3 Å². The van der Waals surface area contributed by atoms with Gasteiger partial charge in [0.15, 0.2) is 0 Å². The van der Waals surface area contributed by atoms with Crippen molar-refractivity contribution in [1.82, 2.24) is 4.72 Å². The van der Waals surface area contributed by atoms with Gasteiger partial charge < -0.3 is 9.84 Å². The van der Waals surface area contributed by atoms with E-state index in [4.69, 9.17) is 4.74 Å². The highest BCUT2D eigenvalue weighted by Crippen LogP contribution is 2.32. The number of aryl methyl sites for hydroxylation is 1. The fourth-order valence-electron chi connectivity index (χ4n) is 2.83. The van der Waals surface area contributed by atoms with Crippen LogP contribution in [-0.2, 0) is 25.0 Å². The van der Waals surface area contributed by atoms with E-state index in [-0.39, 0.29) is 28.2 Å². The Kier molecular flexibility index (Phi) is 7.66. The number of phenolic OH excluding ortho intramolecular Hbond substituents is 1. The highest BCUT2D eigenvalue weighted by atomic mass is 32.2. The van der Waals surface area contributed by atoms with E-state index in [2.05, 4.69) is 4.72 Å². The summed E-state index contributed by atoms with van der Waals surface area (Å²) in [6, 6.07) is 9.83. The average molecular weight is 434 g/mol. The summed E-state index contributed by atoms with van der Waals surface area (Å²) in [6.07, 6.45) is 1.50. The first-order chi connectivity index (χ1) is 14.0. The third kappa shape index (κ3) is 6.06. The van der Waals surface area contributed by atoms with Crippen molar-refractivity contribution in [3.63, 3.8) is 0 Å². The zero-order valence-electron chi connectivity index (χ0n) is 18.2. The van der Waals surface area contributed by atoms with Gasteiger partial charge in [0.25, 0.3) is 0 Å². The molecule has 2 aromatic rings. The van der Waals surface area contributed by atoms with Crippen LogP contribution in [0, 0.1) is 6.92 Å². The van der Waals surface area contributed by atoms with Crippen LogP contribution >= 0.6 is 0 Å². The number of benzene rings is 2. The molecule has 0 saturated heterocycles. The second kappa shape index (κ2) is 9.62. The number of carbonyl (C=O) groups excluding carboxylic acids is 1. The number of carbonyl (C=O) groups is 1. The van der Waals surface area contributed by atoms with E-state index in [1.807, 2.05) is 34.6 Å². The number of hydrogen-bond acceptors (Lipinski definition) is 5. The third-order valence-electron chi connectivity index (χ3n) is 4.79. The molecule has 0 amide bonds. The highest BCUT2D eigenvalue weighted by molar-refractivity contribution is 7.89. The zero-order chi connectivity index (χ0) is 22.5. The first kappa shape index (κ1) is 23.9. The molecule has 0 heterocycles. The van der Waals surface area contributed by atoms with Gasteiger partial charge in [0.1, 0.15) is 11.8 Å². The molecule has 0 aromatic heterocycles. The topological polar surface area (TPSA) is 92.7 Å². The van der Waals surface area contributed by atoms with Gasteiger partial charge in [-0.15, -0.1) is 0 Å². The predicted molar refractivity (Wildman–Crippen MR) is 117 cm³/mol. The number of nitrogens with one attached hydrogen (secondary N) is 1. The Morgan fingerprint density at radius 3 is 2.33 bits per heavy atom. The fraction of sp³-hybridized carbons (Fsp3) is 0.435. The SMILES string of the molecule is CCCCOC(=O)C(NS(=O)(=O)c1ccc(C)cc1)c1cc(C(C)(C)C)ccc1O. The molecule has 0 spiro atoms. The molecule has 0 bridgehead atoms. The second-order valence-electron chi connectivity index (χ2n) is 8.41. The zero-order valence-corrected chi connectivity index (χ0v) is 19.0. The van der Waals surface area contributed by atoms with Crippen molar-refractivity contribution in [3.8, 4) is 5.75 Å². The smallest absolute Gasteiger partial charge is 0.328 e. The number of unbranched alkanes of at least 4 members (excludes halogenated alkanes) is 1. The maximum atomic E-state index is 13.0. The van der Waals surface area contributed by atoms with Crippen LogP contribution in [0.5, 0.6) is 5.75 Å². The van der Waals surface area contributed by atoms with Crippen molar-refractivity contribution in [1.29, 1.82) is 0 Å². The summed E-state index contributed by atoms with van der Waals surface area (Å²) in [4.78, 5) is 12.9. The van der Waals surface area contributed by atoms with E-state index < -0.39 is 22.0 Å². The molecule has 2 rings (SSSR count). The quantitative estimate of drug-likeness (QED) is 0.477. The lowest BCUT2D eigenvalue weighted by Gasteiger charge is -2.24. The largest absolute Gasteiger partial charge is 0.508 e. The third-order valence-corrected chi connectivity index (χ3v) is 6.23. The molecule has 0 radical (unpaired) electrons. The Morgan fingerprint density at radius 1 is 1.13 bits per heavy atom. The molecule has 6 nitrogen and oxygen atoms in total. The fourth-order valence-corrected chi connectivity index (χ4v) is 4.00. The van der Waals surface area contributed by atoms with Crippen LogP contribution in [0.25, 0.3) is 0 Å². The summed E-state index contributed by atoms with van der Waals surface area (Å²) in [5, 5.41) is 10.5. The standard InChI is InChI=1S/C23H31NO5S/c1-6-7-14-29-22(26)21(19-15-17(23(3,4)5)10-13-20(19)25)24-30(27,28)18-11-8-16(2)9-12-18/h8-13,15,21,24-25H,6-7,14H2,1-5H3. The Balaban J connectivity index is 2.48. The predicted octanol–water partition coefficient (Wildman–Crippen LogP) is 4.36. The van der Waals surface area contributed by atoms with E-state index in [1.165, 1.54) is 18.2 Å². The van der Waals surface area contributed by atoms with Crippen LogP contribution < -0.4 is 4.72 Å². The van der Waals surface area contributed by atoms with E-state index in [9.17, 15) is 18.3 Å². The molecule has 2 aromatic carbocycles. The summed E-state index contributed by atoms with van der Waals surface area (Å²) < 4.78 is 33.6. The van der Waals surface area contributed by atoms with Crippen LogP contribution in [0.15, 0.2) is 47.4 Å². The van der Waals surface area contributed by atoms with Crippen LogP contribution in [0.3, 0.4) is 0 Å². The van der Waals surface area contributed by atoms with Crippen LogP contribution in [0.2, 0.25) is 0 Å². The number of rotatable bonds is 8. The number of ether oxygens (including phenoxy) is 1. The molecule has 0 saturated carbocycles. The Bertz CT molecular complexity index is 976. The molecule has 0 aliphatic heterocycles. The number of phenols is 1. The molecular formula is C23H31NO5S. The van der Waals surface area contributed by atoms with Gasteiger partial charge in [-0.3, -0.25) is 0 Å². The Hall–Kier alpha value is -2.38. The summed E-state index contributed by atoms with van der Waals surface area (Å²) in [5.41, 5.74) is 1.69. The lowest BCUT2D eigenvalue weighted by Crippen LogP contribution is -2.35. The molecule has 0 aliphatic carbocycles. The lowest BCUT2D eigenvalue weighted by molar-refractivity contribution is -0.146. The first-order valence-corrected chi connectivity index (χ1v) is 11.5. The van der Waals surface area contributed by atoms with E-state index in [0.29, 0.717) is 6.42 Å². The van der Waals surface area contributed by atoms with Crippen molar-refractivity contribution in [2.75, 3.05) is 6.61 Å². The van der Waals surface area contributed by atoms with Gasteiger partial charge >= 0.3 is 5.97 Å². The normalized spacial score (nSPS) is 13.1. The van der Waals surface area contributed by atoms with Gasteiger partial charge in [0.2, 0.25) is 10.0 Å². The minimum atomic E-state index is -4.03.